The molecule has 120 valence electrons. The van der Waals surface area contributed by atoms with Crippen LogP contribution >= 0.6 is 0 Å². The first-order chi connectivity index (χ1) is 9.93. The second kappa shape index (κ2) is 8.42. The van der Waals surface area contributed by atoms with E-state index in [1.54, 1.807) is 12.1 Å². The maximum absolute atomic E-state index is 12.6. The van der Waals surface area contributed by atoms with Crippen LogP contribution in [0.1, 0.15) is 63.6 Å². The molecule has 2 unspecified atom stereocenters. The number of hydrogen-bond donors (Lipinski definition) is 1. The summed E-state index contributed by atoms with van der Waals surface area (Å²) in [6.45, 7) is 7.15. The van der Waals surface area contributed by atoms with E-state index in [9.17, 15) is 13.2 Å². The molecule has 4 heteroatoms. The lowest BCUT2D eigenvalue weighted by molar-refractivity contribution is -0.137. The summed E-state index contributed by atoms with van der Waals surface area (Å²) in [5.74, 6) is 0.460. The third kappa shape index (κ3) is 5.34. The Kier molecular flexibility index (Phi) is 7.23. The fourth-order valence-electron chi connectivity index (χ4n) is 2.73. The van der Waals surface area contributed by atoms with Crippen molar-refractivity contribution in [2.24, 2.45) is 5.92 Å². The van der Waals surface area contributed by atoms with Gasteiger partial charge in [0.2, 0.25) is 0 Å². The van der Waals surface area contributed by atoms with Gasteiger partial charge in [0.1, 0.15) is 0 Å². The zero-order chi connectivity index (χ0) is 15.9. The monoisotopic (exact) mass is 301 g/mol. The summed E-state index contributed by atoms with van der Waals surface area (Å²) in [7, 11) is 0. The Morgan fingerprint density at radius 3 is 2.10 bits per heavy atom. The molecule has 0 bridgehead atoms. The predicted molar refractivity (Wildman–Crippen MR) is 81.2 cm³/mol. The maximum atomic E-state index is 12.6. The third-order valence-corrected chi connectivity index (χ3v) is 3.95. The van der Waals surface area contributed by atoms with Gasteiger partial charge in [-0.15, -0.1) is 0 Å². The Bertz CT molecular complexity index is 397. The molecule has 0 fully saturated rings. The summed E-state index contributed by atoms with van der Waals surface area (Å²) in [6, 6.07) is 5.74. The highest BCUT2D eigenvalue weighted by Crippen LogP contribution is 2.33. The van der Waals surface area contributed by atoms with Gasteiger partial charge in [-0.3, -0.25) is 0 Å². The van der Waals surface area contributed by atoms with Crippen molar-refractivity contribution in [1.29, 1.82) is 0 Å². The highest BCUT2D eigenvalue weighted by Gasteiger charge is 2.30. The molecule has 0 saturated carbocycles. The fourth-order valence-corrected chi connectivity index (χ4v) is 2.73. The highest BCUT2D eigenvalue weighted by atomic mass is 19.4. The largest absolute Gasteiger partial charge is 0.416 e. The average Bonchev–Trinajstić information content (AvgIpc) is 2.46. The van der Waals surface area contributed by atoms with Crippen LogP contribution in [0.4, 0.5) is 13.2 Å². The van der Waals surface area contributed by atoms with Gasteiger partial charge in [-0.25, -0.2) is 0 Å². The lowest BCUT2D eigenvalue weighted by atomic mass is 9.86. The molecule has 0 aliphatic carbocycles. The standard InChI is InChI=1S/C17H26F3N/c1-4-7-8-13(5-2)16(21-6-3)14-9-11-15(12-10-14)17(18,19)20/h9-13,16,21H,4-8H2,1-3H3. The molecule has 0 spiro atoms. The molecule has 1 nitrogen and oxygen atoms in total. The van der Waals surface area contributed by atoms with Crippen LogP contribution in [-0.4, -0.2) is 6.54 Å². The van der Waals surface area contributed by atoms with Crippen LogP contribution in [-0.2, 0) is 6.18 Å². The van der Waals surface area contributed by atoms with Crippen molar-refractivity contribution in [2.75, 3.05) is 6.54 Å². The van der Waals surface area contributed by atoms with E-state index in [4.69, 9.17) is 0 Å². The molecular formula is C17H26F3N. The van der Waals surface area contributed by atoms with E-state index < -0.39 is 11.7 Å². The number of halogens is 3. The molecule has 1 aromatic carbocycles. The summed E-state index contributed by atoms with van der Waals surface area (Å²) >= 11 is 0. The van der Waals surface area contributed by atoms with Crippen molar-refractivity contribution < 1.29 is 13.2 Å². The Hall–Kier alpha value is -1.03. The zero-order valence-electron chi connectivity index (χ0n) is 13.1. The topological polar surface area (TPSA) is 12.0 Å². The first-order valence-corrected chi connectivity index (χ1v) is 7.84. The molecule has 0 amide bonds. The van der Waals surface area contributed by atoms with Crippen molar-refractivity contribution >= 4 is 0 Å². The van der Waals surface area contributed by atoms with Crippen LogP contribution in [0.2, 0.25) is 0 Å². The molecule has 0 radical (unpaired) electrons. The van der Waals surface area contributed by atoms with E-state index in [1.807, 2.05) is 6.92 Å². The van der Waals surface area contributed by atoms with Crippen LogP contribution in [0, 0.1) is 5.92 Å². The summed E-state index contributed by atoms with van der Waals surface area (Å²) < 4.78 is 37.9. The Balaban J connectivity index is 2.93. The normalized spacial score (nSPS) is 15.0. The first-order valence-electron chi connectivity index (χ1n) is 7.84. The molecule has 0 aliphatic rings. The van der Waals surface area contributed by atoms with Crippen molar-refractivity contribution in [2.45, 2.75) is 58.7 Å². The van der Waals surface area contributed by atoms with Gasteiger partial charge >= 0.3 is 6.18 Å². The quantitative estimate of drug-likeness (QED) is 0.661. The van der Waals surface area contributed by atoms with Crippen LogP contribution in [0.25, 0.3) is 0 Å². The first kappa shape index (κ1) is 18.0. The molecule has 0 heterocycles. The smallest absolute Gasteiger partial charge is 0.310 e. The van der Waals surface area contributed by atoms with Gasteiger partial charge in [-0.2, -0.15) is 13.2 Å². The number of alkyl halides is 3. The van der Waals surface area contributed by atoms with E-state index in [0.29, 0.717) is 5.92 Å². The number of unbranched alkanes of at least 4 members (excludes halogenated alkanes) is 1. The second-order valence-electron chi connectivity index (χ2n) is 5.47. The zero-order valence-corrected chi connectivity index (χ0v) is 13.1. The molecule has 1 N–H and O–H groups in total. The minimum Gasteiger partial charge on any atom is -0.310 e. The molecule has 1 rings (SSSR count). The number of nitrogens with one attached hydrogen (secondary N) is 1. The van der Waals surface area contributed by atoms with Crippen LogP contribution < -0.4 is 5.32 Å². The minimum atomic E-state index is -4.27. The van der Waals surface area contributed by atoms with E-state index in [2.05, 4.69) is 19.2 Å². The molecular weight excluding hydrogens is 275 g/mol. The number of hydrogen-bond acceptors (Lipinski definition) is 1. The molecule has 21 heavy (non-hydrogen) atoms. The van der Waals surface area contributed by atoms with Gasteiger partial charge in [0.15, 0.2) is 0 Å². The Morgan fingerprint density at radius 1 is 1.05 bits per heavy atom. The van der Waals surface area contributed by atoms with Crippen molar-refractivity contribution in [3.05, 3.63) is 35.4 Å². The molecule has 2 atom stereocenters. The average molecular weight is 301 g/mol. The summed E-state index contributed by atoms with van der Waals surface area (Å²) in [6.07, 6.45) is 0.159. The number of benzene rings is 1. The van der Waals surface area contributed by atoms with Gasteiger partial charge in [0.25, 0.3) is 0 Å². The lowest BCUT2D eigenvalue weighted by Gasteiger charge is -2.28. The van der Waals surface area contributed by atoms with E-state index >= 15 is 0 Å². The molecule has 1 aromatic rings. The lowest BCUT2D eigenvalue weighted by Crippen LogP contribution is -2.28. The highest BCUT2D eigenvalue weighted by molar-refractivity contribution is 5.27. The van der Waals surface area contributed by atoms with Gasteiger partial charge in [-0.05, 0) is 36.6 Å². The van der Waals surface area contributed by atoms with E-state index in [1.165, 1.54) is 12.1 Å². The molecule has 0 aliphatic heterocycles. The third-order valence-electron chi connectivity index (χ3n) is 3.95. The summed E-state index contributed by atoms with van der Waals surface area (Å²) in [4.78, 5) is 0. The summed E-state index contributed by atoms with van der Waals surface area (Å²) in [5.41, 5.74) is 0.371. The SMILES string of the molecule is CCCCC(CC)C(NCC)c1ccc(C(F)(F)F)cc1. The van der Waals surface area contributed by atoms with Crippen molar-refractivity contribution in [3.8, 4) is 0 Å². The van der Waals surface area contributed by atoms with Crippen molar-refractivity contribution in [1.82, 2.24) is 5.32 Å². The summed E-state index contributed by atoms with van der Waals surface area (Å²) in [5, 5.41) is 3.44. The second-order valence-corrected chi connectivity index (χ2v) is 5.47. The van der Waals surface area contributed by atoms with Gasteiger partial charge in [-0.1, -0.05) is 52.2 Å². The fraction of sp³-hybridized carbons (Fsp3) is 0.647. The van der Waals surface area contributed by atoms with Gasteiger partial charge in [0, 0.05) is 6.04 Å². The van der Waals surface area contributed by atoms with Crippen LogP contribution in [0.15, 0.2) is 24.3 Å². The van der Waals surface area contributed by atoms with E-state index in [0.717, 1.165) is 37.8 Å². The van der Waals surface area contributed by atoms with Crippen molar-refractivity contribution in [3.63, 3.8) is 0 Å². The van der Waals surface area contributed by atoms with Crippen LogP contribution in [0.3, 0.4) is 0 Å². The predicted octanol–water partition coefficient (Wildman–Crippen LogP) is 5.57. The minimum absolute atomic E-state index is 0.133. The number of rotatable bonds is 8. The molecule has 0 saturated heterocycles. The maximum Gasteiger partial charge on any atom is 0.416 e. The van der Waals surface area contributed by atoms with Crippen LogP contribution in [0.5, 0.6) is 0 Å². The van der Waals surface area contributed by atoms with Gasteiger partial charge in [0.05, 0.1) is 5.56 Å². The molecule has 0 aromatic heterocycles. The Labute approximate surface area is 125 Å². The Morgan fingerprint density at radius 2 is 1.67 bits per heavy atom. The van der Waals surface area contributed by atoms with Gasteiger partial charge < -0.3 is 5.32 Å². The van der Waals surface area contributed by atoms with E-state index in [-0.39, 0.29) is 6.04 Å².